The molecule has 0 aliphatic rings. The Balaban J connectivity index is 2.38. The van der Waals surface area contributed by atoms with Crippen LogP contribution in [0.4, 0.5) is 24.5 Å². The molecular formula is C13H9ClF3N3O. The number of amides is 1. The largest absolute Gasteiger partial charge is 0.418 e. The van der Waals surface area contributed by atoms with Crippen molar-refractivity contribution in [2.24, 2.45) is 0 Å². The predicted molar refractivity (Wildman–Crippen MR) is 73.1 cm³/mol. The molecule has 0 spiro atoms. The maximum atomic E-state index is 12.9. The number of hydrogen-bond donors (Lipinski definition) is 2. The van der Waals surface area contributed by atoms with Crippen molar-refractivity contribution >= 4 is 28.9 Å². The van der Waals surface area contributed by atoms with E-state index in [1.54, 1.807) is 0 Å². The number of halogens is 4. The predicted octanol–water partition coefficient (Wildman–Crippen LogP) is 3.59. The number of hydrogen-bond acceptors (Lipinski definition) is 3. The highest BCUT2D eigenvalue weighted by atomic mass is 35.5. The Morgan fingerprint density at radius 2 is 2.00 bits per heavy atom. The Labute approximate surface area is 122 Å². The number of benzene rings is 1. The third-order valence-corrected chi connectivity index (χ3v) is 2.89. The molecule has 0 aliphatic heterocycles. The summed E-state index contributed by atoms with van der Waals surface area (Å²) in [6.07, 6.45) is -3.36. The zero-order valence-electron chi connectivity index (χ0n) is 10.4. The van der Waals surface area contributed by atoms with E-state index in [9.17, 15) is 18.0 Å². The monoisotopic (exact) mass is 315 g/mol. The van der Waals surface area contributed by atoms with Crippen LogP contribution in [0.1, 0.15) is 16.1 Å². The Hall–Kier alpha value is -2.28. The van der Waals surface area contributed by atoms with Gasteiger partial charge in [-0.1, -0.05) is 17.7 Å². The highest BCUT2D eigenvalue weighted by molar-refractivity contribution is 6.34. The first kappa shape index (κ1) is 15.1. The molecule has 21 heavy (non-hydrogen) atoms. The van der Waals surface area contributed by atoms with Gasteiger partial charge in [0.05, 0.1) is 16.3 Å². The lowest BCUT2D eigenvalue weighted by Crippen LogP contribution is -2.18. The number of carbonyl (C=O) groups is 1. The quantitative estimate of drug-likeness (QED) is 0.890. The Kier molecular flexibility index (Phi) is 4.04. The molecule has 3 N–H and O–H groups in total. The number of pyridine rings is 1. The van der Waals surface area contributed by atoms with Crippen LogP contribution < -0.4 is 11.1 Å². The second-order valence-corrected chi connectivity index (χ2v) is 4.50. The van der Waals surface area contributed by atoms with E-state index in [0.29, 0.717) is 0 Å². The minimum absolute atomic E-state index is 0.108. The summed E-state index contributed by atoms with van der Waals surface area (Å²) < 4.78 is 38.7. The smallest absolute Gasteiger partial charge is 0.399 e. The maximum absolute atomic E-state index is 12.9. The molecule has 0 fully saturated rings. The molecule has 1 aromatic heterocycles. The zero-order chi connectivity index (χ0) is 15.6. The summed E-state index contributed by atoms with van der Waals surface area (Å²) in [5.74, 6) is -0.833. The van der Waals surface area contributed by atoms with E-state index in [2.05, 4.69) is 10.3 Å². The molecule has 0 radical (unpaired) electrons. The van der Waals surface area contributed by atoms with E-state index in [1.165, 1.54) is 24.4 Å². The van der Waals surface area contributed by atoms with Crippen LogP contribution in [0.2, 0.25) is 5.02 Å². The number of carbonyl (C=O) groups excluding carboxylic acids is 1. The second-order valence-electron chi connectivity index (χ2n) is 4.09. The van der Waals surface area contributed by atoms with Gasteiger partial charge in [-0.15, -0.1) is 0 Å². The lowest BCUT2D eigenvalue weighted by Gasteiger charge is -2.15. The first-order valence-electron chi connectivity index (χ1n) is 5.67. The van der Waals surface area contributed by atoms with E-state index in [1.807, 2.05) is 0 Å². The molecule has 0 bridgehead atoms. The van der Waals surface area contributed by atoms with Crippen LogP contribution in [0.5, 0.6) is 0 Å². The fourth-order valence-corrected chi connectivity index (χ4v) is 1.86. The first-order valence-corrected chi connectivity index (χ1v) is 6.05. The number of rotatable bonds is 2. The van der Waals surface area contributed by atoms with Crippen LogP contribution in [0.25, 0.3) is 0 Å². The van der Waals surface area contributed by atoms with Gasteiger partial charge in [0.15, 0.2) is 0 Å². The Bertz CT molecular complexity index is 689. The van der Waals surface area contributed by atoms with Gasteiger partial charge in [0, 0.05) is 11.9 Å². The van der Waals surface area contributed by atoms with E-state index in [4.69, 9.17) is 17.3 Å². The fourth-order valence-electron chi connectivity index (χ4n) is 1.64. The zero-order valence-corrected chi connectivity index (χ0v) is 11.2. The molecule has 0 saturated heterocycles. The third-order valence-electron chi connectivity index (χ3n) is 2.57. The number of nitrogens with two attached hydrogens (primary N) is 1. The molecule has 1 heterocycles. The third kappa shape index (κ3) is 3.43. The molecule has 2 rings (SSSR count). The summed E-state index contributed by atoms with van der Waals surface area (Å²) in [6.45, 7) is 0. The number of anilines is 2. The normalized spacial score (nSPS) is 11.2. The fraction of sp³-hybridized carbons (Fsp3) is 0.0769. The second kappa shape index (κ2) is 5.61. The molecule has 0 unspecified atom stereocenters. The molecule has 0 saturated carbocycles. The van der Waals surface area contributed by atoms with Crippen molar-refractivity contribution in [1.29, 1.82) is 0 Å². The summed E-state index contributed by atoms with van der Waals surface area (Å²) in [7, 11) is 0. The van der Waals surface area contributed by atoms with Crippen LogP contribution >= 0.6 is 11.6 Å². The Morgan fingerprint density at radius 3 is 2.62 bits per heavy atom. The maximum Gasteiger partial charge on any atom is 0.418 e. The standard InChI is InChI=1S/C13H9ClF3N3O/c14-9-3-1-2-8(13(15,16)17)11(9)20-12(21)10-6-7(18)4-5-19-10/h1-6H,(H2,18,19)(H,20,21). The summed E-state index contributed by atoms with van der Waals surface area (Å²) >= 11 is 5.74. The molecule has 1 amide bonds. The van der Waals surface area contributed by atoms with Crippen LogP contribution in [0.3, 0.4) is 0 Å². The minimum Gasteiger partial charge on any atom is -0.399 e. The van der Waals surface area contributed by atoms with E-state index in [0.717, 1.165) is 12.1 Å². The summed E-state index contributed by atoms with van der Waals surface area (Å²) in [5, 5.41) is 1.90. The topological polar surface area (TPSA) is 68.0 Å². The molecule has 8 heteroatoms. The van der Waals surface area contributed by atoms with Crippen molar-refractivity contribution < 1.29 is 18.0 Å². The summed E-state index contributed by atoms with van der Waals surface area (Å²) in [4.78, 5) is 15.7. The average Bonchev–Trinajstić information content (AvgIpc) is 2.39. The number of alkyl halides is 3. The highest BCUT2D eigenvalue weighted by Gasteiger charge is 2.34. The Morgan fingerprint density at radius 1 is 1.29 bits per heavy atom. The van der Waals surface area contributed by atoms with Crippen molar-refractivity contribution in [2.75, 3.05) is 11.1 Å². The lowest BCUT2D eigenvalue weighted by molar-refractivity contribution is -0.136. The van der Waals surface area contributed by atoms with E-state index >= 15 is 0 Å². The van der Waals surface area contributed by atoms with Gasteiger partial charge in [0.25, 0.3) is 5.91 Å². The number of aromatic nitrogens is 1. The SMILES string of the molecule is Nc1ccnc(C(=O)Nc2c(Cl)cccc2C(F)(F)F)c1. The van der Waals surface area contributed by atoms with Crippen molar-refractivity contribution in [3.05, 3.63) is 52.8 Å². The minimum atomic E-state index is -4.64. The average molecular weight is 316 g/mol. The van der Waals surface area contributed by atoms with Crippen molar-refractivity contribution in [1.82, 2.24) is 4.98 Å². The van der Waals surface area contributed by atoms with Crippen molar-refractivity contribution in [3.63, 3.8) is 0 Å². The van der Waals surface area contributed by atoms with Crippen LogP contribution in [0.15, 0.2) is 36.5 Å². The number of nitrogens with zero attached hydrogens (tertiary/aromatic N) is 1. The lowest BCUT2D eigenvalue weighted by atomic mass is 10.1. The van der Waals surface area contributed by atoms with Gasteiger partial charge < -0.3 is 11.1 Å². The molecule has 0 atom stereocenters. The molecular weight excluding hydrogens is 307 g/mol. The van der Waals surface area contributed by atoms with Gasteiger partial charge in [-0.05, 0) is 24.3 Å². The van der Waals surface area contributed by atoms with Gasteiger partial charge in [-0.2, -0.15) is 13.2 Å². The molecule has 110 valence electrons. The number of nitrogen functional groups attached to an aromatic ring is 1. The van der Waals surface area contributed by atoms with Crippen molar-refractivity contribution in [3.8, 4) is 0 Å². The van der Waals surface area contributed by atoms with Crippen LogP contribution in [0, 0.1) is 0 Å². The van der Waals surface area contributed by atoms with Crippen molar-refractivity contribution in [2.45, 2.75) is 6.18 Å². The molecule has 2 aromatic rings. The number of nitrogens with one attached hydrogen (secondary N) is 1. The summed E-state index contributed by atoms with van der Waals surface area (Å²) in [5.41, 5.74) is 4.11. The van der Waals surface area contributed by atoms with Gasteiger partial charge in [-0.25, -0.2) is 0 Å². The van der Waals surface area contributed by atoms with Crippen LogP contribution in [-0.4, -0.2) is 10.9 Å². The van der Waals surface area contributed by atoms with Gasteiger partial charge in [-0.3, -0.25) is 9.78 Å². The van der Waals surface area contributed by atoms with E-state index < -0.39 is 23.3 Å². The molecule has 4 nitrogen and oxygen atoms in total. The molecule has 1 aromatic carbocycles. The first-order chi connectivity index (χ1) is 9.79. The highest BCUT2D eigenvalue weighted by Crippen LogP contribution is 2.38. The number of para-hydroxylation sites is 1. The van der Waals surface area contributed by atoms with Crippen LogP contribution in [-0.2, 0) is 6.18 Å². The molecule has 0 aliphatic carbocycles. The van der Waals surface area contributed by atoms with Gasteiger partial charge in [0.1, 0.15) is 5.69 Å². The summed E-state index contributed by atoms with van der Waals surface area (Å²) in [6, 6.07) is 5.93. The van der Waals surface area contributed by atoms with E-state index in [-0.39, 0.29) is 16.4 Å². The van der Waals surface area contributed by atoms with Gasteiger partial charge in [0.2, 0.25) is 0 Å². The van der Waals surface area contributed by atoms with Gasteiger partial charge >= 0.3 is 6.18 Å².